The maximum atomic E-state index is 12.5. The smallest absolute Gasteiger partial charge is 0.239 e. The van der Waals surface area contributed by atoms with Crippen molar-refractivity contribution >= 4 is 17.7 Å². The van der Waals surface area contributed by atoms with Crippen LogP contribution in [-0.2, 0) is 4.79 Å². The first kappa shape index (κ1) is 14.2. The number of hydrogen-bond acceptors (Lipinski definition) is 3. The lowest BCUT2D eigenvalue weighted by Crippen LogP contribution is -2.49. The summed E-state index contributed by atoms with van der Waals surface area (Å²) in [5.74, 6) is 3.59. The molecular weight excluding hydrogens is 244 g/mol. The van der Waals surface area contributed by atoms with E-state index in [4.69, 9.17) is 0 Å². The quantitative estimate of drug-likeness (QED) is 0.852. The Morgan fingerprint density at radius 3 is 2.83 bits per heavy atom. The summed E-state index contributed by atoms with van der Waals surface area (Å²) >= 11 is 2.05. The second-order valence-electron chi connectivity index (χ2n) is 5.69. The largest absolute Gasteiger partial charge is 0.338 e. The summed E-state index contributed by atoms with van der Waals surface area (Å²) in [6.07, 6.45) is 5.93. The fourth-order valence-electron chi connectivity index (χ4n) is 3.08. The molecule has 2 aliphatic rings. The van der Waals surface area contributed by atoms with Crippen LogP contribution in [0.2, 0.25) is 0 Å². The van der Waals surface area contributed by atoms with E-state index in [0.717, 1.165) is 25.8 Å². The molecule has 0 aromatic heterocycles. The number of nitrogens with zero attached hydrogens (tertiary/aromatic N) is 1. The summed E-state index contributed by atoms with van der Waals surface area (Å²) in [7, 11) is 1.91. The molecule has 0 aliphatic carbocycles. The topological polar surface area (TPSA) is 32.3 Å². The monoisotopic (exact) mass is 270 g/mol. The van der Waals surface area contributed by atoms with Gasteiger partial charge >= 0.3 is 0 Å². The van der Waals surface area contributed by atoms with Gasteiger partial charge < -0.3 is 10.2 Å². The van der Waals surface area contributed by atoms with Gasteiger partial charge in [0.15, 0.2) is 0 Å². The summed E-state index contributed by atoms with van der Waals surface area (Å²) in [6.45, 7) is 3.19. The Labute approximate surface area is 115 Å². The Balaban J connectivity index is 1.99. The number of likely N-dealkylation sites (N-methyl/N-ethyl adjacent to an activating group) is 1. The molecule has 2 fully saturated rings. The predicted molar refractivity (Wildman–Crippen MR) is 77.9 cm³/mol. The van der Waals surface area contributed by atoms with Crippen LogP contribution in [0.15, 0.2) is 0 Å². The van der Waals surface area contributed by atoms with Crippen LogP contribution in [0.5, 0.6) is 0 Å². The number of nitrogens with one attached hydrogen (secondary N) is 1. The summed E-state index contributed by atoms with van der Waals surface area (Å²) in [6, 6.07) is 0.467. The summed E-state index contributed by atoms with van der Waals surface area (Å²) in [5.41, 5.74) is 0. The van der Waals surface area contributed by atoms with Crippen molar-refractivity contribution in [3.63, 3.8) is 0 Å². The van der Waals surface area contributed by atoms with E-state index < -0.39 is 0 Å². The van der Waals surface area contributed by atoms with Crippen molar-refractivity contribution in [1.82, 2.24) is 10.2 Å². The Kier molecular flexibility index (Phi) is 5.37. The zero-order valence-electron chi connectivity index (χ0n) is 11.7. The van der Waals surface area contributed by atoms with Crippen molar-refractivity contribution in [1.29, 1.82) is 0 Å². The van der Waals surface area contributed by atoms with Crippen LogP contribution in [0.25, 0.3) is 0 Å². The highest BCUT2D eigenvalue weighted by Crippen LogP contribution is 2.26. The third-order valence-corrected chi connectivity index (χ3v) is 5.57. The second-order valence-corrected chi connectivity index (χ2v) is 6.84. The molecule has 2 aliphatic heterocycles. The lowest BCUT2D eigenvalue weighted by molar-refractivity contribution is -0.135. The highest BCUT2D eigenvalue weighted by molar-refractivity contribution is 7.99. The predicted octanol–water partition coefficient (Wildman–Crippen LogP) is 2.12. The minimum atomic E-state index is 0.0474. The number of rotatable bonds is 3. The van der Waals surface area contributed by atoms with Crippen LogP contribution < -0.4 is 5.32 Å². The number of carbonyl (C=O) groups is 1. The first-order valence-electron chi connectivity index (χ1n) is 7.28. The van der Waals surface area contributed by atoms with E-state index in [1.165, 1.54) is 24.3 Å². The summed E-state index contributed by atoms with van der Waals surface area (Å²) in [5, 5.41) is 3.19. The van der Waals surface area contributed by atoms with Crippen molar-refractivity contribution in [2.75, 3.05) is 25.1 Å². The molecule has 1 amide bonds. The molecule has 0 spiro atoms. The molecule has 3 unspecified atom stereocenters. The van der Waals surface area contributed by atoms with E-state index in [0.29, 0.717) is 17.9 Å². The van der Waals surface area contributed by atoms with Gasteiger partial charge in [-0.3, -0.25) is 4.79 Å². The lowest BCUT2D eigenvalue weighted by Gasteiger charge is -2.34. The van der Waals surface area contributed by atoms with Crippen LogP contribution in [0.3, 0.4) is 0 Å². The maximum Gasteiger partial charge on any atom is 0.239 e. The van der Waals surface area contributed by atoms with Gasteiger partial charge in [-0.2, -0.15) is 11.8 Å². The molecule has 0 aromatic rings. The van der Waals surface area contributed by atoms with E-state index in [-0.39, 0.29) is 6.04 Å². The first-order chi connectivity index (χ1) is 8.72. The molecule has 3 nitrogen and oxygen atoms in total. The van der Waals surface area contributed by atoms with Crippen LogP contribution >= 0.6 is 11.8 Å². The fraction of sp³-hybridized carbons (Fsp3) is 0.929. The van der Waals surface area contributed by atoms with Crippen molar-refractivity contribution in [2.24, 2.45) is 5.92 Å². The van der Waals surface area contributed by atoms with E-state index in [1.54, 1.807) is 0 Å². The second kappa shape index (κ2) is 6.80. The van der Waals surface area contributed by atoms with Crippen LogP contribution in [-0.4, -0.2) is 48.0 Å². The van der Waals surface area contributed by atoms with Gasteiger partial charge in [0.05, 0.1) is 6.04 Å². The van der Waals surface area contributed by atoms with Gasteiger partial charge in [-0.25, -0.2) is 0 Å². The third kappa shape index (κ3) is 3.41. The highest BCUT2D eigenvalue weighted by Gasteiger charge is 2.31. The van der Waals surface area contributed by atoms with Gasteiger partial charge in [-0.05, 0) is 63.5 Å². The Hall–Kier alpha value is -0.220. The normalized spacial score (nSPS) is 34.4. The van der Waals surface area contributed by atoms with Crippen LogP contribution in [0.1, 0.15) is 39.0 Å². The van der Waals surface area contributed by atoms with E-state index in [2.05, 4.69) is 28.9 Å². The molecule has 0 bridgehead atoms. The first-order valence-corrected chi connectivity index (χ1v) is 8.43. The average Bonchev–Trinajstić information content (AvgIpc) is 2.53. The van der Waals surface area contributed by atoms with Gasteiger partial charge in [0, 0.05) is 12.6 Å². The van der Waals surface area contributed by atoms with Crippen molar-refractivity contribution in [3.8, 4) is 0 Å². The van der Waals surface area contributed by atoms with Crippen molar-refractivity contribution in [2.45, 2.75) is 51.1 Å². The van der Waals surface area contributed by atoms with Crippen molar-refractivity contribution < 1.29 is 4.79 Å². The average molecular weight is 270 g/mol. The molecular formula is C14H26N2OS. The van der Waals surface area contributed by atoms with Crippen LogP contribution in [0, 0.1) is 5.92 Å². The van der Waals surface area contributed by atoms with Gasteiger partial charge in [-0.1, -0.05) is 0 Å². The molecule has 104 valence electrons. The highest BCUT2D eigenvalue weighted by atomic mass is 32.2. The molecule has 4 heteroatoms. The van der Waals surface area contributed by atoms with Crippen LogP contribution in [0.4, 0.5) is 0 Å². The minimum absolute atomic E-state index is 0.0474. The third-order valence-electron chi connectivity index (χ3n) is 4.29. The van der Waals surface area contributed by atoms with Gasteiger partial charge in [-0.15, -0.1) is 0 Å². The Morgan fingerprint density at radius 1 is 1.33 bits per heavy atom. The number of amides is 1. The molecule has 0 aromatic carbocycles. The molecule has 2 heterocycles. The summed E-state index contributed by atoms with van der Waals surface area (Å²) in [4.78, 5) is 14.7. The molecule has 1 N–H and O–H groups in total. The van der Waals surface area contributed by atoms with Gasteiger partial charge in [0.2, 0.25) is 5.91 Å². The minimum Gasteiger partial charge on any atom is -0.338 e. The van der Waals surface area contributed by atoms with E-state index >= 15 is 0 Å². The molecule has 3 atom stereocenters. The van der Waals surface area contributed by atoms with E-state index in [1.807, 2.05) is 7.05 Å². The number of carbonyl (C=O) groups excluding carboxylic acids is 1. The fourth-order valence-corrected chi connectivity index (χ4v) is 4.22. The van der Waals surface area contributed by atoms with Gasteiger partial charge in [0.25, 0.3) is 0 Å². The van der Waals surface area contributed by atoms with Crippen molar-refractivity contribution in [3.05, 3.63) is 0 Å². The standard InChI is InChI=1S/C14H26N2OS/c1-11-5-3-7-13(15-2)14(17)16(11)9-12-6-4-8-18-10-12/h11-13,15H,3-10H2,1-2H3. The molecule has 2 saturated heterocycles. The maximum absolute atomic E-state index is 12.5. The van der Waals surface area contributed by atoms with E-state index in [9.17, 15) is 4.79 Å². The Bertz CT molecular complexity index is 279. The molecule has 18 heavy (non-hydrogen) atoms. The van der Waals surface area contributed by atoms with Gasteiger partial charge in [0.1, 0.15) is 0 Å². The number of likely N-dealkylation sites (tertiary alicyclic amines) is 1. The molecule has 0 saturated carbocycles. The zero-order chi connectivity index (χ0) is 13.0. The Morgan fingerprint density at radius 2 is 2.17 bits per heavy atom. The SMILES string of the molecule is CNC1CCCC(C)N(CC2CCCSC2)C1=O. The molecule has 0 radical (unpaired) electrons. The number of hydrogen-bond donors (Lipinski definition) is 1. The molecule has 2 rings (SSSR count). The summed E-state index contributed by atoms with van der Waals surface area (Å²) < 4.78 is 0. The lowest BCUT2D eigenvalue weighted by atomic mass is 10.0. The zero-order valence-corrected chi connectivity index (χ0v) is 12.5. The number of thioether (sulfide) groups is 1.